The molecule has 6 nitrogen and oxygen atoms in total. The van der Waals surface area contributed by atoms with Gasteiger partial charge in [0.05, 0.1) is 5.56 Å². The summed E-state index contributed by atoms with van der Waals surface area (Å²) in [5.74, 6) is 0.824. The molecule has 6 heteroatoms. The van der Waals surface area contributed by atoms with Gasteiger partial charge in [-0.1, -0.05) is 0 Å². The molecule has 3 heterocycles. The minimum absolute atomic E-state index is 0.0875. The lowest BCUT2D eigenvalue weighted by Gasteiger charge is -2.34. The lowest BCUT2D eigenvalue weighted by molar-refractivity contribution is 0.0745. The van der Waals surface area contributed by atoms with E-state index in [1.54, 1.807) is 18.6 Å². The number of piperazine rings is 1. The van der Waals surface area contributed by atoms with Gasteiger partial charge in [-0.05, 0) is 43.4 Å². The van der Waals surface area contributed by atoms with Crippen LogP contribution in [0.1, 0.15) is 34.5 Å². The molecule has 1 aliphatic carbocycles. The average Bonchev–Trinajstić information content (AvgIpc) is 2.68. The lowest BCUT2D eigenvalue weighted by atomic mass is 9.95. The van der Waals surface area contributed by atoms with Crippen LogP contribution >= 0.6 is 0 Å². The molecule has 1 fully saturated rings. The molecule has 0 unspecified atom stereocenters. The summed E-state index contributed by atoms with van der Waals surface area (Å²) in [5, 5.41) is 0. The zero-order valence-corrected chi connectivity index (χ0v) is 13.7. The Bertz CT molecular complexity index is 725. The van der Waals surface area contributed by atoms with Gasteiger partial charge in [0.15, 0.2) is 0 Å². The van der Waals surface area contributed by atoms with E-state index in [9.17, 15) is 4.79 Å². The van der Waals surface area contributed by atoms with Gasteiger partial charge in [0.2, 0.25) is 5.95 Å². The Kier molecular flexibility index (Phi) is 4.11. The third-order valence-corrected chi connectivity index (χ3v) is 4.82. The predicted molar refractivity (Wildman–Crippen MR) is 91.0 cm³/mol. The summed E-state index contributed by atoms with van der Waals surface area (Å²) in [6.07, 6.45) is 9.73. The lowest BCUT2D eigenvalue weighted by Crippen LogP contribution is -2.49. The smallest absolute Gasteiger partial charge is 0.255 e. The van der Waals surface area contributed by atoms with E-state index in [0.717, 1.165) is 37.4 Å². The van der Waals surface area contributed by atoms with Crippen LogP contribution in [0.25, 0.3) is 0 Å². The largest absolute Gasteiger partial charge is 0.337 e. The van der Waals surface area contributed by atoms with Gasteiger partial charge in [-0.15, -0.1) is 0 Å². The van der Waals surface area contributed by atoms with E-state index >= 15 is 0 Å². The number of nitrogens with zero attached hydrogens (tertiary/aromatic N) is 5. The Hall–Kier alpha value is -2.50. The van der Waals surface area contributed by atoms with Crippen LogP contribution in [0.3, 0.4) is 0 Å². The first-order valence-corrected chi connectivity index (χ1v) is 8.60. The Labute approximate surface area is 141 Å². The molecule has 2 aromatic rings. The van der Waals surface area contributed by atoms with Crippen molar-refractivity contribution < 1.29 is 4.79 Å². The highest BCUT2D eigenvalue weighted by atomic mass is 16.2. The van der Waals surface area contributed by atoms with Crippen LogP contribution in [0.2, 0.25) is 0 Å². The predicted octanol–water partition coefficient (Wildman–Crippen LogP) is 1.71. The molecule has 4 rings (SSSR count). The van der Waals surface area contributed by atoms with Crippen LogP contribution in [0.15, 0.2) is 30.7 Å². The summed E-state index contributed by atoms with van der Waals surface area (Å²) in [6.45, 7) is 2.89. The maximum atomic E-state index is 12.8. The molecule has 0 aromatic carbocycles. The van der Waals surface area contributed by atoms with E-state index < -0.39 is 0 Å². The molecule has 0 radical (unpaired) electrons. The van der Waals surface area contributed by atoms with Gasteiger partial charge in [0.1, 0.15) is 0 Å². The molecule has 0 bridgehead atoms. The summed E-state index contributed by atoms with van der Waals surface area (Å²) in [4.78, 5) is 29.9. The van der Waals surface area contributed by atoms with Gasteiger partial charge in [-0.3, -0.25) is 9.78 Å². The second-order valence-corrected chi connectivity index (χ2v) is 6.36. The second kappa shape index (κ2) is 6.55. The molecule has 0 saturated carbocycles. The molecular weight excluding hydrogens is 302 g/mol. The quantitative estimate of drug-likeness (QED) is 0.842. The molecule has 0 N–H and O–H groups in total. The van der Waals surface area contributed by atoms with Crippen LogP contribution in [0.4, 0.5) is 5.95 Å². The number of hydrogen-bond acceptors (Lipinski definition) is 5. The van der Waals surface area contributed by atoms with E-state index in [-0.39, 0.29) is 5.91 Å². The molecule has 0 atom stereocenters. The minimum Gasteiger partial charge on any atom is -0.337 e. The zero-order valence-electron chi connectivity index (χ0n) is 13.7. The summed E-state index contributed by atoms with van der Waals surface area (Å²) < 4.78 is 0. The van der Waals surface area contributed by atoms with E-state index in [4.69, 9.17) is 0 Å². The van der Waals surface area contributed by atoms with Crippen LogP contribution < -0.4 is 4.90 Å². The van der Waals surface area contributed by atoms with Crippen LogP contribution in [-0.4, -0.2) is 51.9 Å². The maximum absolute atomic E-state index is 12.8. The van der Waals surface area contributed by atoms with E-state index in [1.165, 1.54) is 24.1 Å². The third kappa shape index (κ3) is 2.96. The standard InChI is InChI=1S/C18H21N5O/c24-17(15-12-14-4-1-2-5-16(14)21-13-15)22-8-10-23(11-9-22)18-19-6-3-7-20-18/h3,6-7,12-13H,1-2,4-5,8-11H2. The number of fused-ring (bicyclic) bond motifs is 1. The molecule has 24 heavy (non-hydrogen) atoms. The van der Waals surface area contributed by atoms with Crippen molar-refractivity contribution in [1.82, 2.24) is 19.9 Å². The number of hydrogen-bond donors (Lipinski definition) is 0. The highest BCUT2D eigenvalue weighted by Gasteiger charge is 2.24. The normalized spacial score (nSPS) is 17.5. The fourth-order valence-corrected chi connectivity index (χ4v) is 3.45. The summed E-state index contributed by atoms with van der Waals surface area (Å²) in [7, 11) is 0. The van der Waals surface area contributed by atoms with Gasteiger partial charge in [-0.2, -0.15) is 0 Å². The Morgan fingerprint density at radius 3 is 2.50 bits per heavy atom. The van der Waals surface area contributed by atoms with Gasteiger partial charge < -0.3 is 9.80 Å². The second-order valence-electron chi connectivity index (χ2n) is 6.36. The van der Waals surface area contributed by atoms with Crippen molar-refractivity contribution in [2.24, 2.45) is 0 Å². The van der Waals surface area contributed by atoms with Crippen molar-refractivity contribution in [3.8, 4) is 0 Å². The molecule has 124 valence electrons. The van der Waals surface area contributed by atoms with Crippen molar-refractivity contribution in [2.45, 2.75) is 25.7 Å². The number of anilines is 1. The van der Waals surface area contributed by atoms with Gasteiger partial charge in [0.25, 0.3) is 5.91 Å². The monoisotopic (exact) mass is 323 g/mol. The number of amides is 1. The van der Waals surface area contributed by atoms with Gasteiger partial charge in [-0.25, -0.2) is 9.97 Å². The highest BCUT2D eigenvalue weighted by molar-refractivity contribution is 5.94. The molecule has 2 aliphatic rings. The average molecular weight is 323 g/mol. The summed E-state index contributed by atoms with van der Waals surface area (Å²) >= 11 is 0. The number of rotatable bonds is 2. The Balaban J connectivity index is 1.43. The van der Waals surface area contributed by atoms with Gasteiger partial charge in [0, 0.05) is 50.5 Å². The summed E-state index contributed by atoms with van der Waals surface area (Å²) in [5.41, 5.74) is 3.15. The summed E-state index contributed by atoms with van der Waals surface area (Å²) in [6, 6.07) is 3.86. The zero-order chi connectivity index (χ0) is 16.4. The maximum Gasteiger partial charge on any atom is 0.255 e. The van der Waals surface area contributed by atoms with E-state index in [1.807, 2.05) is 11.0 Å². The number of carbonyl (C=O) groups is 1. The molecular formula is C18H21N5O. The van der Waals surface area contributed by atoms with E-state index in [2.05, 4.69) is 25.9 Å². The Morgan fingerprint density at radius 2 is 1.71 bits per heavy atom. The number of aromatic nitrogens is 3. The fourth-order valence-electron chi connectivity index (χ4n) is 3.45. The topological polar surface area (TPSA) is 62.2 Å². The number of carbonyl (C=O) groups excluding carboxylic acids is 1. The van der Waals surface area contributed by atoms with Gasteiger partial charge >= 0.3 is 0 Å². The first kappa shape index (κ1) is 15.1. The van der Waals surface area contributed by atoms with Crippen LogP contribution in [0, 0.1) is 0 Å². The minimum atomic E-state index is 0.0875. The van der Waals surface area contributed by atoms with Crippen molar-refractivity contribution in [3.05, 3.63) is 47.5 Å². The van der Waals surface area contributed by atoms with Crippen LogP contribution in [-0.2, 0) is 12.8 Å². The number of aryl methyl sites for hydroxylation is 2. The molecule has 1 amide bonds. The van der Waals surface area contributed by atoms with Crippen molar-refractivity contribution in [1.29, 1.82) is 0 Å². The Morgan fingerprint density at radius 1 is 0.958 bits per heavy atom. The van der Waals surface area contributed by atoms with Crippen LogP contribution in [0.5, 0.6) is 0 Å². The number of pyridine rings is 1. The molecule has 2 aromatic heterocycles. The highest BCUT2D eigenvalue weighted by Crippen LogP contribution is 2.21. The SMILES string of the molecule is O=C(c1cnc2c(c1)CCCC2)N1CCN(c2ncccn2)CC1. The third-order valence-electron chi connectivity index (χ3n) is 4.82. The first-order chi connectivity index (χ1) is 11.8. The van der Waals surface area contributed by atoms with E-state index in [0.29, 0.717) is 13.1 Å². The van der Waals surface area contributed by atoms with Crippen molar-refractivity contribution in [2.75, 3.05) is 31.1 Å². The molecule has 0 spiro atoms. The fraction of sp³-hybridized carbons (Fsp3) is 0.444. The van der Waals surface area contributed by atoms with Crippen molar-refractivity contribution in [3.63, 3.8) is 0 Å². The first-order valence-electron chi connectivity index (χ1n) is 8.60. The molecule has 1 aliphatic heterocycles. The van der Waals surface area contributed by atoms with Crippen molar-refractivity contribution >= 4 is 11.9 Å². The molecule has 1 saturated heterocycles.